The number of hydrogen-bond acceptors (Lipinski definition) is 6. The number of Topliss-reactive ketones (excluding diaryl/α,β-unsaturated/α-hetero) is 2. The van der Waals surface area contributed by atoms with Crippen LogP contribution in [0.15, 0.2) is 46.8 Å². The zero-order chi connectivity index (χ0) is 20.5. The summed E-state index contributed by atoms with van der Waals surface area (Å²) in [7, 11) is 0. The molecular weight excluding hydrogens is 402 g/mol. The number of nitrogens with zero attached hydrogens (tertiary/aromatic N) is 2. The van der Waals surface area contributed by atoms with Gasteiger partial charge in [0.15, 0.2) is 17.4 Å². The van der Waals surface area contributed by atoms with Crippen molar-refractivity contribution in [3.63, 3.8) is 0 Å². The molecule has 146 valence electrons. The highest BCUT2D eigenvalue weighted by Crippen LogP contribution is 2.31. The van der Waals surface area contributed by atoms with Gasteiger partial charge in [0, 0.05) is 16.6 Å². The maximum Gasteiger partial charge on any atom is 0.189 e. The van der Waals surface area contributed by atoms with Gasteiger partial charge in [-0.15, -0.1) is 11.3 Å². The molecular formula is C22H19N3O2S2. The van der Waals surface area contributed by atoms with Crippen LogP contribution in [0, 0.1) is 13.8 Å². The predicted molar refractivity (Wildman–Crippen MR) is 118 cm³/mol. The summed E-state index contributed by atoms with van der Waals surface area (Å²) in [5, 5.41) is 3.70. The van der Waals surface area contributed by atoms with Gasteiger partial charge in [-0.3, -0.25) is 9.59 Å². The Morgan fingerprint density at radius 2 is 1.90 bits per heavy atom. The number of para-hydroxylation sites is 1. The maximum absolute atomic E-state index is 12.9. The van der Waals surface area contributed by atoms with Crippen molar-refractivity contribution in [2.45, 2.75) is 25.8 Å². The molecule has 4 rings (SSSR count). The Balaban J connectivity index is 1.66. The molecule has 0 fully saturated rings. The van der Waals surface area contributed by atoms with E-state index in [0.29, 0.717) is 22.6 Å². The third-order valence-corrected chi connectivity index (χ3v) is 6.58. The van der Waals surface area contributed by atoms with Crippen molar-refractivity contribution in [3.05, 3.63) is 64.3 Å². The van der Waals surface area contributed by atoms with Crippen LogP contribution in [0.5, 0.6) is 0 Å². The van der Waals surface area contributed by atoms with Crippen molar-refractivity contribution < 1.29 is 9.59 Å². The number of fused-ring (bicyclic) bond motifs is 1. The van der Waals surface area contributed by atoms with Crippen molar-refractivity contribution in [1.82, 2.24) is 15.0 Å². The summed E-state index contributed by atoms with van der Waals surface area (Å²) in [6, 6.07) is 11.8. The number of nitrogens with one attached hydrogen (secondary N) is 1. The molecule has 0 bridgehead atoms. The summed E-state index contributed by atoms with van der Waals surface area (Å²) >= 11 is 2.98. The van der Waals surface area contributed by atoms with Crippen LogP contribution in [0.2, 0.25) is 0 Å². The highest BCUT2D eigenvalue weighted by Gasteiger charge is 2.20. The van der Waals surface area contributed by atoms with Gasteiger partial charge in [0.2, 0.25) is 0 Å². The van der Waals surface area contributed by atoms with Gasteiger partial charge in [0.25, 0.3) is 0 Å². The molecule has 5 nitrogen and oxygen atoms in total. The monoisotopic (exact) mass is 421 g/mol. The highest BCUT2D eigenvalue weighted by atomic mass is 32.2. The molecule has 0 amide bonds. The number of carbonyl (C=O) groups excluding carboxylic acids is 2. The lowest BCUT2D eigenvalue weighted by atomic mass is 10.1. The van der Waals surface area contributed by atoms with Crippen LogP contribution in [-0.2, 0) is 0 Å². The highest BCUT2D eigenvalue weighted by molar-refractivity contribution is 8.00. The van der Waals surface area contributed by atoms with Crippen LogP contribution in [0.3, 0.4) is 0 Å². The van der Waals surface area contributed by atoms with Crippen molar-refractivity contribution in [1.29, 1.82) is 0 Å². The van der Waals surface area contributed by atoms with E-state index in [1.807, 2.05) is 55.6 Å². The Bertz CT molecular complexity index is 1230. The first-order chi connectivity index (χ1) is 14.0. The molecule has 0 saturated carbocycles. The van der Waals surface area contributed by atoms with E-state index >= 15 is 0 Å². The van der Waals surface area contributed by atoms with Gasteiger partial charge < -0.3 is 4.98 Å². The minimum Gasteiger partial charge on any atom is -0.355 e. The number of benzene rings is 1. The van der Waals surface area contributed by atoms with Crippen LogP contribution in [-0.4, -0.2) is 32.3 Å². The van der Waals surface area contributed by atoms with E-state index in [2.05, 4.69) is 9.97 Å². The lowest BCUT2D eigenvalue weighted by Gasteiger charge is -2.07. The Kier molecular flexibility index (Phi) is 5.34. The number of rotatable bonds is 6. The lowest BCUT2D eigenvalue weighted by molar-refractivity contribution is 0.101. The van der Waals surface area contributed by atoms with Gasteiger partial charge in [0.05, 0.1) is 21.8 Å². The summed E-state index contributed by atoms with van der Waals surface area (Å²) in [6.07, 6.45) is 0. The Morgan fingerprint density at radius 3 is 2.59 bits per heavy atom. The number of hydrogen-bond donors (Lipinski definition) is 1. The molecule has 0 saturated heterocycles. The van der Waals surface area contributed by atoms with Gasteiger partial charge in [-0.1, -0.05) is 36.0 Å². The van der Waals surface area contributed by atoms with E-state index in [1.165, 1.54) is 18.7 Å². The quantitative estimate of drug-likeness (QED) is 0.253. The standard InChI is InChI=1S/C22H19N3O2S2/c1-12-19(14(3)26)13(2)23-20(12)17(27)11-29-22-15-7-4-5-8-16(15)24-21(25-22)18-9-6-10-28-18/h4-10,23H,11H2,1-3H3. The van der Waals surface area contributed by atoms with Crippen molar-refractivity contribution in [2.24, 2.45) is 0 Å². The molecule has 4 aromatic rings. The van der Waals surface area contributed by atoms with E-state index in [9.17, 15) is 9.59 Å². The first kappa shape index (κ1) is 19.5. The maximum atomic E-state index is 12.9. The normalized spacial score (nSPS) is 11.1. The van der Waals surface area contributed by atoms with Crippen LogP contribution < -0.4 is 0 Å². The number of aromatic amines is 1. The van der Waals surface area contributed by atoms with Gasteiger partial charge in [-0.05, 0) is 43.8 Å². The summed E-state index contributed by atoms with van der Waals surface area (Å²) in [5.74, 6) is 0.802. The Morgan fingerprint density at radius 1 is 1.10 bits per heavy atom. The van der Waals surface area contributed by atoms with E-state index in [4.69, 9.17) is 4.98 Å². The number of thioether (sulfide) groups is 1. The molecule has 0 radical (unpaired) electrons. The molecule has 0 atom stereocenters. The average Bonchev–Trinajstić information content (AvgIpc) is 3.33. The number of ketones is 2. The number of carbonyl (C=O) groups is 2. The molecule has 0 unspecified atom stereocenters. The third kappa shape index (κ3) is 3.75. The van der Waals surface area contributed by atoms with Crippen molar-refractivity contribution >= 4 is 45.6 Å². The summed E-state index contributed by atoms with van der Waals surface area (Å²) in [4.78, 5) is 38.2. The molecule has 0 spiro atoms. The summed E-state index contributed by atoms with van der Waals surface area (Å²) in [6.45, 7) is 5.15. The average molecular weight is 422 g/mol. The van der Waals surface area contributed by atoms with Gasteiger partial charge in [-0.2, -0.15) is 0 Å². The fourth-order valence-corrected chi connectivity index (χ4v) is 4.99. The van der Waals surface area contributed by atoms with Crippen molar-refractivity contribution in [2.75, 3.05) is 5.75 Å². The van der Waals surface area contributed by atoms with E-state index in [1.54, 1.807) is 11.3 Å². The molecule has 0 aliphatic carbocycles. The molecule has 0 aliphatic rings. The van der Waals surface area contributed by atoms with Gasteiger partial charge >= 0.3 is 0 Å². The van der Waals surface area contributed by atoms with Crippen LogP contribution >= 0.6 is 23.1 Å². The minimum absolute atomic E-state index is 0.0367. The van der Waals surface area contributed by atoms with Gasteiger partial charge in [-0.25, -0.2) is 9.97 Å². The molecule has 7 heteroatoms. The summed E-state index contributed by atoms with van der Waals surface area (Å²) < 4.78 is 0. The first-order valence-corrected chi connectivity index (χ1v) is 11.0. The van der Waals surface area contributed by atoms with E-state index in [-0.39, 0.29) is 17.3 Å². The van der Waals surface area contributed by atoms with E-state index < -0.39 is 0 Å². The molecule has 3 heterocycles. The first-order valence-electron chi connectivity index (χ1n) is 9.12. The minimum atomic E-state index is -0.0523. The van der Waals surface area contributed by atoms with Crippen LogP contribution in [0.1, 0.15) is 39.0 Å². The Hall–Kier alpha value is -2.77. The third-order valence-electron chi connectivity index (χ3n) is 4.72. The fraction of sp³-hybridized carbons (Fsp3) is 0.182. The molecule has 3 aromatic heterocycles. The van der Waals surface area contributed by atoms with E-state index in [0.717, 1.165) is 26.5 Å². The molecule has 0 aliphatic heterocycles. The van der Waals surface area contributed by atoms with Crippen LogP contribution in [0.25, 0.3) is 21.6 Å². The Labute approximate surface area is 176 Å². The smallest absolute Gasteiger partial charge is 0.189 e. The zero-order valence-electron chi connectivity index (χ0n) is 16.3. The van der Waals surface area contributed by atoms with Gasteiger partial charge in [0.1, 0.15) is 5.03 Å². The second-order valence-electron chi connectivity index (χ2n) is 6.74. The SMILES string of the molecule is CC(=O)c1c(C)[nH]c(C(=O)CSc2nc(-c3cccs3)nc3ccccc23)c1C. The fourth-order valence-electron chi connectivity index (χ4n) is 3.44. The second-order valence-corrected chi connectivity index (χ2v) is 8.65. The number of thiophene rings is 1. The zero-order valence-corrected chi connectivity index (χ0v) is 17.9. The predicted octanol–water partition coefficient (Wildman–Crippen LogP) is 5.48. The number of H-pyrrole nitrogens is 1. The molecule has 29 heavy (non-hydrogen) atoms. The topological polar surface area (TPSA) is 75.7 Å². The lowest BCUT2D eigenvalue weighted by Crippen LogP contribution is -2.06. The largest absolute Gasteiger partial charge is 0.355 e. The number of aromatic nitrogens is 3. The number of aryl methyl sites for hydroxylation is 1. The van der Waals surface area contributed by atoms with Crippen molar-refractivity contribution in [3.8, 4) is 10.7 Å². The molecule has 1 N–H and O–H groups in total. The van der Waals surface area contributed by atoms with Crippen LogP contribution in [0.4, 0.5) is 0 Å². The second kappa shape index (κ2) is 7.93. The summed E-state index contributed by atoms with van der Waals surface area (Å²) in [5.41, 5.74) is 3.40. The molecule has 1 aromatic carbocycles.